The Morgan fingerprint density at radius 2 is 1.61 bits per heavy atom. The molecular formula is C24H22N3S+. The molecule has 0 bridgehead atoms. The van der Waals surface area contributed by atoms with Crippen LogP contribution in [-0.2, 0) is 7.05 Å². The summed E-state index contributed by atoms with van der Waals surface area (Å²) in [5.41, 5.74) is 11.8. The summed E-state index contributed by atoms with van der Waals surface area (Å²) in [6, 6.07) is 19.5. The maximum absolute atomic E-state index is 4.57. The second-order valence-electron chi connectivity index (χ2n) is 7.41. The van der Waals surface area contributed by atoms with E-state index >= 15 is 0 Å². The molecular weight excluding hydrogens is 362 g/mol. The van der Waals surface area contributed by atoms with Crippen molar-refractivity contribution in [3.05, 3.63) is 76.8 Å². The summed E-state index contributed by atoms with van der Waals surface area (Å²) < 4.78 is 6.00. The van der Waals surface area contributed by atoms with Gasteiger partial charge in [-0.2, -0.15) is 4.57 Å². The van der Waals surface area contributed by atoms with E-state index in [1.807, 2.05) is 5.51 Å². The van der Waals surface area contributed by atoms with Crippen LogP contribution >= 0.6 is 11.3 Å². The number of fused-ring (bicyclic) bond motifs is 2. The lowest BCUT2D eigenvalue weighted by molar-refractivity contribution is -0.633. The van der Waals surface area contributed by atoms with Crippen LogP contribution in [0.4, 0.5) is 0 Å². The molecule has 3 aromatic carbocycles. The average Bonchev–Trinajstić information content (AvgIpc) is 3.26. The summed E-state index contributed by atoms with van der Waals surface area (Å²) in [4.78, 5) is 4.57. The molecule has 0 saturated heterocycles. The fraction of sp³-hybridized carbons (Fsp3) is 0.167. The van der Waals surface area contributed by atoms with Gasteiger partial charge >= 0.3 is 0 Å². The van der Waals surface area contributed by atoms with Crippen molar-refractivity contribution < 1.29 is 4.57 Å². The zero-order chi connectivity index (χ0) is 19.4. The van der Waals surface area contributed by atoms with Gasteiger partial charge in [0.05, 0.1) is 28.3 Å². The first kappa shape index (κ1) is 17.1. The molecule has 0 fully saturated rings. The molecule has 0 N–H and O–H groups in total. The molecule has 138 valence electrons. The van der Waals surface area contributed by atoms with Crippen molar-refractivity contribution in [1.82, 2.24) is 9.55 Å². The molecule has 3 nitrogen and oxygen atoms in total. The van der Waals surface area contributed by atoms with Crippen LogP contribution in [0.3, 0.4) is 0 Å². The van der Waals surface area contributed by atoms with Gasteiger partial charge in [0.1, 0.15) is 5.69 Å². The summed E-state index contributed by atoms with van der Waals surface area (Å²) in [6.45, 7) is 6.59. The molecule has 2 heterocycles. The van der Waals surface area contributed by atoms with Crippen LogP contribution < -0.4 is 4.57 Å². The maximum Gasteiger partial charge on any atom is 0.296 e. The Morgan fingerprint density at radius 3 is 2.39 bits per heavy atom. The van der Waals surface area contributed by atoms with Gasteiger partial charge < -0.3 is 0 Å². The number of para-hydroxylation sites is 3. The van der Waals surface area contributed by atoms with E-state index in [9.17, 15) is 0 Å². The molecule has 5 aromatic rings. The minimum Gasteiger partial charge on any atom is -0.245 e. The van der Waals surface area contributed by atoms with Crippen LogP contribution in [0.1, 0.15) is 16.7 Å². The second kappa shape index (κ2) is 6.28. The Labute approximate surface area is 168 Å². The molecule has 0 unspecified atom stereocenters. The molecule has 0 aliphatic heterocycles. The first-order chi connectivity index (χ1) is 13.6. The monoisotopic (exact) mass is 384 g/mol. The minimum atomic E-state index is 1.06. The van der Waals surface area contributed by atoms with Crippen molar-refractivity contribution in [1.29, 1.82) is 0 Å². The number of aromatic nitrogens is 3. The molecule has 2 aromatic heterocycles. The molecule has 0 spiro atoms. The molecule has 0 amide bonds. The van der Waals surface area contributed by atoms with Gasteiger partial charge in [0, 0.05) is 0 Å². The molecule has 0 aliphatic rings. The zero-order valence-corrected chi connectivity index (χ0v) is 17.3. The molecule has 0 atom stereocenters. The maximum atomic E-state index is 4.57. The highest BCUT2D eigenvalue weighted by atomic mass is 32.1. The highest BCUT2D eigenvalue weighted by molar-refractivity contribution is 7.17. The Balaban J connectivity index is 2.02. The van der Waals surface area contributed by atoms with Crippen molar-refractivity contribution in [2.75, 3.05) is 0 Å². The van der Waals surface area contributed by atoms with E-state index in [1.54, 1.807) is 11.3 Å². The van der Waals surface area contributed by atoms with E-state index in [4.69, 9.17) is 0 Å². The van der Waals surface area contributed by atoms with Gasteiger partial charge in [-0.25, -0.2) is 9.55 Å². The molecule has 4 heteroatoms. The van der Waals surface area contributed by atoms with Crippen LogP contribution in [0.2, 0.25) is 0 Å². The largest absolute Gasteiger partial charge is 0.296 e. The number of nitrogens with zero attached hydrogens (tertiary/aromatic N) is 3. The van der Waals surface area contributed by atoms with Gasteiger partial charge in [-0.15, -0.1) is 11.3 Å². The Kier molecular flexibility index (Phi) is 3.84. The normalized spacial score (nSPS) is 11.6. The zero-order valence-electron chi connectivity index (χ0n) is 16.5. The fourth-order valence-corrected chi connectivity index (χ4v) is 5.17. The molecule has 5 rings (SSSR count). The van der Waals surface area contributed by atoms with E-state index in [-0.39, 0.29) is 0 Å². The van der Waals surface area contributed by atoms with Gasteiger partial charge in [-0.3, -0.25) is 0 Å². The lowest BCUT2D eigenvalue weighted by atomic mass is 10.1. The summed E-state index contributed by atoms with van der Waals surface area (Å²) in [5.74, 6) is 1.20. The quantitative estimate of drug-likeness (QED) is 0.360. The van der Waals surface area contributed by atoms with E-state index in [0.29, 0.717) is 0 Å². The smallest absolute Gasteiger partial charge is 0.245 e. The van der Waals surface area contributed by atoms with Crippen LogP contribution in [0.25, 0.3) is 38.3 Å². The average molecular weight is 385 g/mol. The Bertz CT molecular complexity index is 1340. The highest BCUT2D eigenvalue weighted by Crippen LogP contribution is 2.37. The van der Waals surface area contributed by atoms with E-state index in [2.05, 4.69) is 96.5 Å². The van der Waals surface area contributed by atoms with E-state index < -0.39 is 0 Å². The van der Waals surface area contributed by atoms with Gasteiger partial charge in [0.25, 0.3) is 5.82 Å². The van der Waals surface area contributed by atoms with Crippen molar-refractivity contribution in [2.24, 2.45) is 7.05 Å². The van der Waals surface area contributed by atoms with Crippen molar-refractivity contribution in [2.45, 2.75) is 20.8 Å². The third kappa shape index (κ3) is 2.34. The Hall–Kier alpha value is -2.98. The van der Waals surface area contributed by atoms with Crippen LogP contribution in [0.15, 0.2) is 60.1 Å². The topological polar surface area (TPSA) is 21.7 Å². The van der Waals surface area contributed by atoms with Crippen LogP contribution in [0, 0.1) is 20.8 Å². The SMILES string of the molecule is Cc1cccc(C)c1-n1c(-c2c(C)ccc3ncsc23)[n+](C)c2ccccc21. The molecule has 28 heavy (non-hydrogen) atoms. The first-order valence-electron chi connectivity index (χ1n) is 9.47. The Morgan fingerprint density at radius 1 is 0.857 bits per heavy atom. The van der Waals surface area contributed by atoms with E-state index in [0.717, 1.165) is 5.52 Å². The third-order valence-corrected chi connectivity index (χ3v) is 6.47. The summed E-state index contributed by atoms with van der Waals surface area (Å²) in [5, 5.41) is 0. The number of aryl methyl sites for hydroxylation is 4. The van der Waals surface area contributed by atoms with Crippen molar-refractivity contribution in [3.8, 4) is 17.1 Å². The summed E-state index contributed by atoms with van der Waals surface area (Å²) in [7, 11) is 2.17. The third-order valence-electron chi connectivity index (χ3n) is 5.61. The molecule has 0 saturated carbocycles. The van der Waals surface area contributed by atoms with Crippen molar-refractivity contribution in [3.63, 3.8) is 0 Å². The fourth-order valence-electron chi connectivity index (χ4n) is 4.28. The molecule has 0 aliphatic carbocycles. The van der Waals surface area contributed by atoms with Gasteiger partial charge in [-0.05, 0) is 55.7 Å². The summed E-state index contributed by atoms with van der Waals surface area (Å²) in [6.07, 6.45) is 0. The number of rotatable bonds is 2. The van der Waals surface area contributed by atoms with Gasteiger partial charge in [-0.1, -0.05) is 36.4 Å². The number of thiazole rings is 1. The summed E-state index contributed by atoms with van der Waals surface area (Å²) >= 11 is 1.72. The number of imidazole rings is 1. The van der Waals surface area contributed by atoms with Crippen LogP contribution in [-0.4, -0.2) is 9.55 Å². The predicted octanol–water partition coefficient (Wildman–Crippen LogP) is 5.66. The number of hydrogen-bond acceptors (Lipinski definition) is 2. The lowest BCUT2D eigenvalue weighted by Crippen LogP contribution is -2.30. The standard InChI is InChI=1S/C24H22N3S/c1-15-12-13-18-23(28-14-25-18)21(15)24-26(4)19-10-5-6-11-20(19)27(24)22-16(2)8-7-9-17(22)3/h5-14H,1-4H3/q+1. The number of hydrogen-bond donors (Lipinski definition) is 0. The highest BCUT2D eigenvalue weighted by Gasteiger charge is 2.30. The van der Waals surface area contributed by atoms with Gasteiger partial charge in [0.15, 0.2) is 11.0 Å². The van der Waals surface area contributed by atoms with Crippen molar-refractivity contribution >= 4 is 32.6 Å². The molecule has 0 radical (unpaired) electrons. The van der Waals surface area contributed by atoms with E-state index in [1.165, 1.54) is 49.5 Å². The predicted molar refractivity (Wildman–Crippen MR) is 117 cm³/mol. The second-order valence-corrected chi connectivity index (χ2v) is 8.26. The minimum absolute atomic E-state index is 1.06. The first-order valence-corrected chi connectivity index (χ1v) is 10.3. The van der Waals surface area contributed by atoms with Crippen LogP contribution in [0.5, 0.6) is 0 Å². The number of benzene rings is 3. The lowest BCUT2D eigenvalue weighted by Gasteiger charge is -2.11. The van der Waals surface area contributed by atoms with Gasteiger partial charge in [0.2, 0.25) is 0 Å².